The molecule has 1 aliphatic rings. The Kier molecular flexibility index (Phi) is 5.70. The number of Topliss-reactive ketones (excluding diaryl/α,β-unsaturated/α-hetero) is 1. The van der Waals surface area contributed by atoms with Crippen LogP contribution in [0.25, 0.3) is 0 Å². The van der Waals surface area contributed by atoms with Gasteiger partial charge in [-0.25, -0.2) is 0 Å². The normalized spacial score (nSPS) is 15.7. The van der Waals surface area contributed by atoms with Crippen molar-refractivity contribution >= 4 is 23.3 Å². The number of ketones is 1. The lowest BCUT2D eigenvalue weighted by Gasteiger charge is -2.12. The fourth-order valence-corrected chi connectivity index (χ4v) is 1.95. The van der Waals surface area contributed by atoms with E-state index in [1.807, 2.05) is 0 Å². The Morgan fingerprint density at radius 1 is 1.30 bits per heavy atom. The molecule has 0 aliphatic carbocycles. The zero-order chi connectivity index (χ0) is 16.8. The molecule has 0 aromatic heterocycles. The van der Waals surface area contributed by atoms with Crippen LogP contribution in [0.1, 0.15) is 30.1 Å². The van der Waals surface area contributed by atoms with Gasteiger partial charge in [-0.3, -0.25) is 14.4 Å². The van der Waals surface area contributed by atoms with Gasteiger partial charge in [0.1, 0.15) is 18.5 Å². The molecule has 0 saturated carbocycles. The van der Waals surface area contributed by atoms with Gasteiger partial charge in [-0.15, -0.1) is 0 Å². The standard InChI is InChI=1S/C16H19NO6/c1-10(18)17-11-3-5-15(23-9-12-8-22-12)13(7-11)14(19)4-6-16(20)21-2/h3,5,7,12H,4,6,8-9H2,1-2H3,(H,17,18). The van der Waals surface area contributed by atoms with Crippen molar-refractivity contribution in [2.24, 2.45) is 0 Å². The number of hydrogen-bond acceptors (Lipinski definition) is 6. The quantitative estimate of drug-likeness (QED) is 0.443. The number of carbonyl (C=O) groups is 3. The molecule has 1 unspecified atom stereocenters. The van der Waals surface area contributed by atoms with E-state index in [4.69, 9.17) is 9.47 Å². The maximum absolute atomic E-state index is 12.4. The number of hydrogen-bond donors (Lipinski definition) is 1. The molecule has 1 amide bonds. The van der Waals surface area contributed by atoms with Crippen LogP contribution in [0.2, 0.25) is 0 Å². The van der Waals surface area contributed by atoms with Crippen molar-refractivity contribution in [3.05, 3.63) is 23.8 Å². The summed E-state index contributed by atoms with van der Waals surface area (Å²) in [6.45, 7) is 2.39. The second-order valence-electron chi connectivity index (χ2n) is 5.16. The average Bonchev–Trinajstić information content (AvgIpc) is 3.34. The lowest BCUT2D eigenvalue weighted by molar-refractivity contribution is -0.140. The number of epoxide rings is 1. The van der Waals surface area contributed by atoms with Crippen LogP contribution < -0.4 is 10.1 Å². The number of ether oxygens (including phenoxy) is 3. The molecule has 0 spiro atoms. The number of nitrogens with one attached hydrogen (secondary N) is 1. The Morgan fingerprint density at radius 3 is 2.65 bits per heavy atom. The number of carbonyl (C=O) groups excluding carboxylic acids is 3. The third-order valence-corrected chi connectivity index (χ3v) is 3.21. The maximum atomic E-state index is 12.4. The summed E-state index contributed by atoms with van der Waals surface area (Å²) in [7, 11) is 1.27. The van der Waals surface area contributed by atoms with E-state index in [1.54, 1.807) is 18.2 Å². The van der Waals surface area contributed by atoms with Gasteiger partial charge >= 0.3 is 5.97 Å². The largest absolute Gasteiger partial charge is 0.490 e. The van der Waals surface area contributed by atoms with Gasteiger partial charge in [-0.05, 0) is 18.2 Å². The molecule has 1 aliphatic heterocycles. The molecular formula is C16H19NO6. The first-order valence-electron chi connectivity index (χ1n) is 7.25. The third-order valence-electron chi connectivity index (χ3n) is 3.21. The Balaban J connectivity index is 2.13. The zero-order valence-electron chi connectivity index (χ0n) is 13.1. The molecule has 1 saturated heterocycles. The molecule has 7 nitrogen and oxygen atoms in total. The van der Waals surface area contributed by atoms with Crippen LogP contribution in [0.3, 0.4) is 0 Å². The molecule has 0 bridgehead atoms. The molecule has 1 heterocycles. The van der Waals surface area contributed by atoms with Crippen molar-refractivity contribution in [3.63, 3.8) is 0 Å². The first-order chi connectivity index (χ1) is 11.0. The molecule has 0 radical (unpaired) electrons. The van der Waals surface area contributed by atoms with Crippen LogP contribution in [-0.4, -0.2) is 44.1 Å². The van der Waals surface area contributed by atoms with Crippen LogP contribution in [-0.2, 0) is 19.1 Å². The van der Waals surface area contributed by atoms with Crippen LogP contribution in [0, 0.1) is 0 Å². The third kappa shape index (κ3) is 5.37. The molecule has 124 valence electrons. The smallest absolute Gasteiger partial charge is 0.305 e. The summed E-state index contributed by atoms with van der Waals surface area (Å²) in [5.41, 5.74) is 0.815. The van der Waals surface area contributed by atoms with Gasteiger partial charge in [-0.1, -0.05) is 0 Å². The first kappa shape index (κ1) is 17.0. The molecule has 1 aromatic rings. The van der Waals surface area contributed by atoms with Gasteiger partial charge in [0.05, 0.1) is 25.7 Å². The predicted octanol–water partition coefficient (Wildman–Crippen LogP) is 1.56. The van der Waals surface area contributed by atoms with Crippen molar-refractivity contribution < 1.29 is 28.6 Å². The summed E-state index contributed by atoms with van der Waals surface area (Å²) >= 11 is 0. The number of amides is 1. The van der Waals surface area contributed by atoms with Crippen LogP contribution in [0.5, 0.6) is 5.75 Å². The average molecular weight is 321 g/mol. The fourth-order valence-electron chi connectivity index (χ4n) is 1.95. The number of anilines is 1. The highest BCUT2D eigenvalue weighted by Crippen LogP contribution is 2.26. The maximum Gasteiger partial charge on any atom is 0.305 e. The van der Waals surface area contributed by atoms with E-state index in [-0.39, 0.29) is 30.6 Å². The summed E-state index contributed by atoms with van der Waals surface area (Å²) in [5.74, 6) is -0.540. The lowest BCUT2D eigenvalue weighted by atomic mass is 10.0. The SMILES string of the molecule is COC(=O)CCC(=O)c1cc(NC(C)=O)ccc1OCC1CO1. The van der Waals surface area contributed by atoms with Crippen molar-refractivity contribution in [1.29, 1.82) is 0 Å². The fraction of sp³-hybridized carbons (Fsp3) is 0.438. The van der Waals surface area contributed by atoms with Gasteiger partial charge in [0.25, 0.3) is 0 Å². The molecule has 1 fully saturated rings. The first-order valence-corrected chi connectivity index (χ1v) is 7.25. The summed E-state index contributed by atoms with van der Waals surface area (Å²) in [6, 6.07) is 4.82. The van der Waals surface area contributed by atoms with Gasteiger partial charge in [-0.2, -0.15) is 0 Å². The van der Waals surface area contributed by atoms with Gasteiger partial charge < -0.3 is 19.5 Å². The monoisotopic (exact) mass is 321 g/mol. The van der Waals surface area contributed by atoms with Crippen molar-refractivity contribution in [2.75, 3.05) is 25.6 Å². The molecule has 2 rings (SSSR count). The van der Waals surface area contributed by atoms with Gasteiger partial charge in [0.2, 0.25) is 5.91 Å². The van der Waals surface area contributed by atoms with E-state index in [0.717, 1.165) is 0 Å². The molecule has 1 atom stereocenters. The topological polar surface area (TPSA) is 94.2 Å². The minimum Gasteiger partial charge on any atom is -0.490 e. The Bertz CT molecular complexity index is 609. The van der Waals surface area contributed by atoms with E-state index < -0.39 is 5.97 Å². The highest BCUT2D eigenvalue weighted by molar-refractivity contribution is 6.01. The summed E-state index contributed by atoms with van der Waals surface area (Å²) in [6.07, 6.45) is 0.0558. The lowest BCUT2D eigenvalue weighted by Crippen LogP contribution is -2.12. The number of benzene rings is 1. The number of esters is 1. The zero-order valence-corrected chi connectivity index (χ0v) is 13.1. The molecule has 7 heteroatoms. The van der Waals surface area contributed by atoms with E-state index in [0.29, 0.717) is 30.2 Å². The van der Waals surface area contributed by atoms with Crippen molar-refractivity contribution in [1.82, 2.24) is 0 Å². The summed E-state index contributed by atoms with van der Waals surface area (Å²) < 4.78 is 15.2. The minimum atomic E-state index is -0.454. The molecule has 1 N–H and O–H groups in total. The van der Waals surface area contributed by atoms with Crippen molar-refractivity contribution in [2.45, 2.75) is 25.9 Å². The van der Waals surface area contributed by atoms with E-state index in [2.05, 4.69) is 10.1 Å². The summed E-state index contributed by atoms with van der Waals surface area (Å²) in [5, 5.41) is 2.62. The second kappa shape index (κ2) is 7.73. The van der Waals surface area contributed by atoms with Crippen LogP contribution >= 0.6 is 0 Å². The molecular weight excluding hydrogens is 302 g/mol. The summed E-state index contributed by atoms with van der Waals surface area (Å²) in [4.78, 5) is 34.7. The Hall–Kier alpha value is -2.41. The predicted molar refractivity (Wildman–Crippen MR) is 81.6 cm³/mol. The van der Waals surface area contributed by atoms with E-state index in [1.165, 1.54) is 14.0 Å². The van der Waals surface area contributed by atoms with E-state index >= 15 is 0 Å². The van der Waals surface area contributed by atoms with Crippen LogP contribution in [0.15, 0.2) is 18.2 Å². The highest BCUT2D eigenvalue weighted by atomic mass is 16.6. The van der Waals surface area contributed by atoms with Crippen molar-refractivity contribution in [3.8, 4) is 5.75 Å². The second-order valence-corrected chi connectivity index (χ2v) is 5.16. The Labute approximate surface area is 133 Å². The number of methoxy groups -OCH3 is 1. The van der Waals surface area contributed by atoms with Crippen LogP contribution in [0.4, 0.5) is 5.69 Å². The van der Waals surface area contributed by atoms with Gasteiger partial charge in [0.15, 0.2) is 5.78 Å². The Morgan fingerprint density at radius 2 is 2.04 bits per heavy atom. The molecule has 1 aromatic carbocycles. The number of rotatable bonds is 8. The van der Waals surface area contributed by atoms with E-state index in [9.17, 15) is 14.4 Å². The highest BCUT2D eigenvalue weighted by Gasteiger charge is 2.24. The molecule has 23 heavy (non-hydrogen) atoms. The van der Waals surface area contributed by atoms with Gasteiger partial charge in [0, 0.05) is 19.0 Å². The minimum absolute atomic E-state index is 0.00644.